The zero-order valence-electron chi connectivity index (χ0n) is 30.5. The van der Waals surface area contributed by atoms with Crippen LogP contribution in [0.3, 0.4) is 0 Å². The highest BCUT2D eigenvalue weighted by Gasteiger charge is 2.24. The third kappa shape index (κ3) is 4.81. The Labute approximate surface area is 326 Å². The molecule has 0 saturated heterocycles. The molecule has 0 radical (unpaired) electrons. The number of hydrogen-bond donors (Lipinski definition) is 0. The number of benzene rings is 8. The second-order valence-electron chi connectivity index (χ2n) is 14.4. The Bertz CT molecular complexity index is 3450. The molecule has 0 aliphatic heterocycles. The van der Waals surface area contributed by atoms with Gasteiger partial charge in [0.05, 0.1) is 27.5 Å². The molecule has 266 valence electrons. The van der Waals surface area contributed by atoms with Crippen LogP contribution < -0.4 is 0 Å². The quantitative estimate of drug-likeness (QED) is 0.177. The predicted molar refractivity (Wildman–Crippen MR) is 232 cm³/mol. The molecule has 12 rings (SSSR count). The topological polar surface area (TPSA) is 61.7 Å². The van der Waals surface area contributed by atoms with Crippen LogP contribution in [0, 0.1) is 0 Å². The summed E-state index contributed by atoms with van der Waals surface area (Å²) in [6.07, 6.45) is 0. The molecule has 0 atom stereocenters. The lowest BCUT2D eigenvalue weighted by Gasteiger charge is -2.12. The summed E-state index contributed by atoms with van der Waals surface area (Å²) < 4.78 is 11.3. The number of aromatic nitrogens is 5. The van der Waals surface area contributed by atoms with Gasteiger partial charge in [0.25, 0.3) is 0 Å². The van der Waals surface area contributed by atoms with Crippen molar-refractivity contribution in [3.63, 3.8) is 0 Å². The van der Waals surface area contributed by atoms with E-state index in [0.29, 0.717) is 17.5 Å². The summed E-state index contributed by atoms with van der Waals surface area (Å²) in [5.74, 6) is 1.87. The Morgan fingerprint density at radius 2 is 0.877 bits per heavy atom. The number of furan rings is 1. The van der Waals surface area contributed by atoms with E-state index in [1.54, 1.807) is 0 Å². The lowest BCUT2D eigenvalue weighted by molar-refractivity contribution is 0.669. The van der Waals surface area contributed by atoms with Gasteiger partial charge in [0.15, 0.2) is 17.5 Å². The highest BCUT2D eigenvalue weighted by atomic mass is 16.3. The number of para-hydroxylation sites is 3. The monoisotopic (exact) mass is 729 g/mol. The Balaban J connectivity index is 1.18. The molecule has 57 heavy (non-hydrogen) atoms. The van der Waals surface area contributed by atoms with Crippen molar-refractivity contribution in [2.75, 3.05) is 0 Å². The highest BCUT2D eigenvalue weighted by Crippen LogP contribution is 2.46. The SMILES string of the molecule is c1ccc(-c2nc(-c3ccccc3)nc(-c3cccc(-n4c5ccc6c(c7ccccc7n6-c6ccccc6)c5c5ccc6oc7ccccc7c6c54)c3)n2)cc1. The summed E-state index contributed by atoms with van der Waals surface area (Å²) in [6, 6.07) is 65.4. The molecule has 0 amide bonds. The fraction of sp³-hybridized carbons (Fsp3) is 0. The fourth-order valence-electron chi connectivity index (χ4n) is 8.71. The third-order valence-electron chi connectivity index (χ3n) is 11.1. The molecule has 0 spiro atoms. The predicted octanol–water partition coefficient (Wildman–Crippen LogP) is 13.0. The molecule has 0 fully saturated rings. The molecule has 6 heteroatoms. The van der Waals surface area contributed by atoms with Gasteiger partial charge >= 0.3 is 0 Å². The summed E-state index contributed by atoms with van der Waals surface area (Å²) in [4.78, 5) is 15.1. The number of hydrogen-bond acceptors (Lipinski definition) is 4. The molecule has 12 aromatic rings. The van der Waals surface area contributed by atoms with Crippen molar-refractivity contribution in [3.05, 3.63) is 188 Å². The average molecular weight is 730 g/mol. The van der Waals surface area contributed by atoms with Gasteiger partial charge in [-0.05, 0) is 60.7 Å². The van der Waals surface area contributed by atoms with Crippen LogP contribution in [-0.2, 0) is 0 Å². The normalized spacial score (nSPS) is 11.9. The minimum absolute atomic E-state index is 0.609. The molecule has 0 aliphatic rings. The first-order chi connectivity index (χ1) is 28.3. The van der Waals surface area contributed by atoms with E-state index in [4.69, 9.17) is 19.4 Å². The molecule has 0 saturated carbocycles. The molecule has 0 N–H and O–H groups in total. The second-order valence-corrected chi connectivity index (χ2v) is 14.4. The van der Waals surface area contributed by atoms with Crippen molar-refractivity contribution in [2.24, 2.45) is 0 Å². The van der Waals surface area contributed by atoms with Crippen LogP contribution in [0.4, 0.5) is 0 Å². The number of rotatable bonds is 5. The van der Waals surface area contributed by atoms with Crippen LogP contribution in [0.2, 0.25) is 0 Å². The summed E-state index contributed by atoms with van der Waals surface area (Å²) >= 11 is 0. The van der Waals surface area contributed by atoms with Crippen LogP contribution >= 0.6 is 0 Å². The lowest BCUT2D eigenvalue weighted by Crippen LogP contribution is -2.01. The van der Waals surface area contributed by atoms with Gasteiger partial charge in [-0.15, -0.1) is 0 Å². The Kier molecular flexibility index (Phi) is 6.83. The summed E-state index contributed by atoms with van der Waals surface area (Å²) in [5, 5.41) is 6.95. The summed E-state index contributed by atoms with van der Waals surface area (Å²) in [5.41, 5.74) is 11.1. The number of nitrogens with zero attached hydrogens (tertiary/aromatic N) is 5. The van der Waals surface area contributed by atoms with E-state index in [2.05, 4.69) is 130 Å². The lowest BCUT2D eigenvalue weighted by atomic mass is 10.0. The molecular formula is C51H31N5O. The van der Waals surface area contributed by atoms with E-state index in [0.717, 1.165) is 71.9 Å². The van der Waals surface area contributed by atoms with Gasteiger partial charge in [0.1, 0.15) is 11.2 Å². The third-order valence-corrected chi connectivity index (χ3v) is 11.1. The van der Waals surface area contributed by atoms with Crippen LogP contribution in [-0.4, -0.2) is 24.1 Å². The standard InChI is InChI=1S/C51H31N5O/c1-4-15-32(16-5-1)49-52-50(33-17-6-2-7-18-33)54-51(53-49)34-19-14-22-36(31-34)56-42-29-28-41-45(37-23-10-12-25-40(37)55(41)35-20-8-3-9-21-35)46(42)39-27-30-44-47(48(39)56)38-24-11-13-26-43(38)57-44/h1-31H. The van der Waals surface area contributed by atoms with Gasteiger partial charge in [0.2, 0.25) is 0 Å². The van der Waals surface area contributed by atoms with Crippen LogP contribution in [0.15, 0.2) is 192 Å². The summed E-state index contributed by atoms with van der Waals surface area (Å²) in [7, 11) is 0. The summed E-state index contributed by atoms with van der Waals surface area (Å²) in [6.45, 7) is 0. The maximum atomic E-state index is 6.53. The van der Waals surface area contributed by atoms with E-state index in [-0.39, 0.29) is 0 Å². The molecular weight excluding hydrogens is 699 g/mol. The van der Waals surface area contributed by atoms with E-state index in [1.165, 1.54) is 21.7 Å². The zero-order chi connectivity index (χ0) is 37.5. The minimum Gasteiger partial charge on any atom is -0.456 e. The van der Waals surface area contributed by atoms with Gasteiger partial charge in [-0.1, -0.05) is 127 Å². The minimum atomic E-state index is 0.609. The Morgan fingerprint density at radius 3 is 1.60 bits per heavy atom. The van der Waals surface area contributed by atoms with Gasteiger partial charge in [0, 0.05) is 55.0 Å². The highest BCUT2D eigenvalue weighted by molar-refractivity contribution is 6.33. The van der Waals surface area contributed by atoms with Crippen LogP contribution in [0.25, 0.3) is 111 Å². The van der Waals surface area contributed by atoms with Crippen molar-refractivity contribution in [2.45, 2.75) is 0 Å². The molecule has 8 aromatic carbocycles. The first-order valence-corrected chi connectivity index (χ1v) is 19.1. The van der Waals surface area contributed by atoms with Crippen molar-refractivity contribution < 1.29 is 4.42 Å². The van der Waals surface area contributed by atoms with E-state index in [1.807, 2.05) is 66.7 Å². The van der Waals surface area contributed by atoms with Crippen molar-refractivity contribution in [1.82, 2.24) is 24.1 Å². The molecule has 4 heterocycles. The molecule has 6 nitrogen and oxygen atoms in total. The Morgan fingerprint density at radius 1 is 0.333 bits per heavy atom. The van der Waals surface area contributed by atoms with Crippen LogP contribution in [0.5, 0.6) is 0 Å². The van der Waals surface area contributed by atoms with Crippen molar-refractivity contribution >= 4 is 65.6 Å². The van der Waals surface area contributed by atoms with Gasteiger partial charge in [-0.2, -0.15) is 0 Å². The van der Waals surface area contributed by atoms with E-state index < -0.39 is 0 Å². The average Bonchev–Trinajstić information content (AvgIpc) is 3.95. The molecule has 0 bridgehead atoms. The molecule has 0 unspecified atom stereocenters. The van der Waals surface area contributed by atoms with Gasteiger partial charge < -0.3 is 13.6 Å². The van der Waals surface area contributed by atoms with E-state index in [9.17, 15) is 0 Å². The van der Waals surface area contributed by atoms with Crippen LogP contribution in [0.1, 0.15) is 0 Å². The largest absolute Gasteiger partial charge is 0.456 e. The maximum Gasteiger partial charge on any atom is 0.164 e. The van der Waals surface area contributed by atoms with Gasteiger partial charge in [-0.3, -0.25) is 0 Å². The first-order valence-electron chi connectivity index (χ1n) is 19.1. The maximum absolute atomic E-state index is 6.53. The van der Waals surface area contributed by atoms with Crippen molar-refractivity contribution in [1.29, 1.82) is 0 Å². The van der Waals surface area contributed by atoms with Gasteiger partial charge in [-0.25, -0.2) is 15.0 Å². The smallest absolute Gasteiger partial charge is 0.164 e. The fourth-order valence-corrected chi connectivity index (χ4v) is 8.71. The Hall–Kier alpha value is -7.83. The zero-order valence-corrected chi connectivity index (χ0v) is 30.5. The van der Waals surface area contributed by atoms with E-state index >= 15 is 0 Å². The molecule has 0 aliphatic carbocycles. The number of fused-ring (bicyclic) bond motifs is 11. The second kappa shape index (κ2) is 12.3. The first kappa shape index (κ1) is 31.5. The van der Waals surface area contributed by atoms with Crippen molar-refractivity contribution in [3.8, 4) is 45.5 Å². The molecule has 4 aromatic heterocycles.